The number of aryl methyl sites for hydroxylation is 1. The number of Topliss-reactive ketones (excluding diaryl/α,β-unsaturated/α-hetero) is 1. The number of anilines is 3. The van der Waals surface area contributed by atoms with Crippen LogP contribution in [0.2, 0.25) is 0 Å². The van der Waals surface area contributed by atoms with Crippen LogP contribution < -0.4 is 10.2 Å². The van der Waals surface area contributed by atoms with Crippen LogP contribution in [0.25, 0.3) is 0 Å². The normalized spacial score (nSPS) is 15.6. The number of carbonyl (C=O) groups excluding carboxylic acids is 2. The first kappa shape index (κ1) is 21.7. The average Bonchev–Trinajstić information content (AvgIpc) is 3.48. The molecule has 34 heavy (non-hydrogen) atoms. The van der Waals surface area contributed by atoms with Crippen molar-refractivity contribution in [2.24, 2.45) is 0 Å². The zero-order valence-electron chi connectivity index (χ0n) is 18.4. The summed E-state index contributed by atoms with van der Waals surface area (Å²) in [5.41, 5.74) is 4.28. The van der Waals surface area contributed by atoms with Crippen molar-refractivity contribution in [1.82, 2.24) is 0 Å². The van der Waals surface area contributed by atoms with Crippen molar-refractivity contribution in [1.29, 1.82) is 0 Å². The number of hydrogen-bond acceptors (Lipinski definition) is 5. The summed E-state index contributed by atoms with van der Waals surface area (Å²) in [5.74, 6) is -1.43. The maximum Gasteiger partial charge on any atom is 0.294 e. The van der Waals surface area contributed by atoms with Gasteiger partial charge in [0, 0.05) is 17.1 Å². The van der Waals surface area contributed by atoms with Crippen LogP contribution in [0.3, 0.4) is 0 Å². The standard InChI is InChI=1S/C28H22N2O3S/c1-18-7-5-8-19(17-18)25-24(26(31)23-11-6-16-34-23)27(32)28(33)30(25)22-14-12-21(13-15-22)29-20-9-3-2-4-10-20/h2-17,25,29,32H,1H3. The molecular weight excluding hydrogens is 444 g/mol. The Morgan fingerprint density at radius 1 is 0.912 bits per heavy atom. The predicted molar refractivity (Wildman–Crippen MR) is 136 cm³/mol. The third-order valence-electron chi connectivity index (χ3n) is 5.76. The summed E-state index contributed by atoms with van der Waals surface area (Å²) >= 11 is 1.29. The number of aliphatic hydroxyl groups is 1. The molecule has 0 saturated carbocycles. The summed E-state index contributed by atoms with van der Waals surface area (Å²) in [6, 6.07) is 27.6. The highest BCUT2D eigenvalue weighted by atomic mass is 32.1. The van der Waals surface area contributed by atoms with Gasteiger partial charge in [-0.15, -0.1) is 11.3 Å². The van der Waals surface area contributed by atoms with Crippen LogP contribution in [0.5, 0.6) is 0 Å². The fourth-order valence-corrected chi connectivity index (χ4v) is 4.87. The fraction of sp³-hybridized carbons (Fsp3) is 0.0714. The Morgan fingerprint density at radius 2 is 1.65 bits per heavy atom. The molecule has 1 unspecified atom stereocenters. The number of aliphatic hydroxyl groups excluding tert-OH is 1. The topological polar surface area (TPSA) is 69.6 Å². The van der Waals surface area contributed by atoms with E-state index in [9.17, 15) is 14.7 Å². The van der Waals surface area contributed by atoms with Crippen molar-refractivity contribution in [3.8, 4) is 0 Å². The molecule has 4 aromatic rings. The SMILES string of the molecule is Cc1cccc(C2C(C(=O)c3cccs3)=C(O)C(=O)N2c2ccc(Nc3ccccc3)cc2)c1. The molecule has 168 valence electrons. The lowest BCUT2D eigenvalue weighted by molar-refractivity contribution is -0.117. The number of hydrogen-bond donors (Lipinski definition) is 2. The maximum atomic E-state index is 13.4. The Labute approximate surface area is 201 Å². The lowest BCUT2D eigenvalue weighted by Gasteiger charge is -2.27. The van der Waals surface area contributed by atoms with E-state index in [1.54, 1.807) is 17.5 Å². The first-order chi connectivity index (χ1) is 16.5. The molecule has 1 atom stereocenters. The van der Waals surface area contributed by atoms with E-state index < -0.39 is 17.7 Å². The molecule has 0 saturated heterocycles. The summed E-state index contributed by atoms with van der Waals surface area (Å²) in [5, 5.41) is 16.0. The molecule has 1 amide bonds. The summed E-state index contributed by atoms with van der Waals surface area (Å²) < 4.78 is 0. The summed E-state index contributed by atoms with van der Waals surface area (Å²) in [4.78, 5) is 28.6. The van der Waals surface area contributed by atoms with Crippen molar-refractivity contribution < 1.29 is 14.7 Å². The highest BCUT2D eigenvalue weighted by Crippen LogP contribution is 2.42. The molecule has 3 aromatic carbocycles. The first-order valence-electron chi connectivity index (χ1n) is 10.9. The van der Waals surface area contributed by atoms with E-state index in [4.69, 9.17) is 0 Å². The number of nitrogens with zero attached hydrogens (tertiary/aromatic N) is 1. The van der Waals surface area contributed by atoms with Gasteiger partial charge in [-0.1, -0.05) is 54.1 Å². The lowest BCUT2D eigenvalue weighted by atomic mass is 9.94. The zero-order valence-corrected chi connectivity index (χ0v) is 19.3. The fourth-order valence-electron chi connectivity index (χ4n) is 4.19. The Balaban J connectivity index is 1.54. The molecule has 5 rings (SSSR count). The summed E-state index contributed by atoms with van der Waals surface area (Å²) in [7, 11) is 0. The zero-order chi connectivity index (χ0) is 23.7. The molecule has 0 spiro atoms. The molecule has 1 aromatic heterocycles. The van der Waals surface area contributed by atoms with Crippen LogP contribution >= 0.6 is 11.3 Å². The van der Waals surface area contributed by atoms with Gasteiger partial charge in [-0.2, -0.15) is 0 Å². The summed E-state index contributed by atoms with van der Waals surface area (Å²) in [6.45, 7) is 1.96. The number of para-hydroxylation sites is 1. The minimum atomic E-state index is -0.727. The number of amides is 1. The molecule has 5 nitrogen and oxygen atoms in total. The molecular formula is C28H22N2O3S. The van der Waals surface area contributed by atoms with Crippen LogP contribution in [-0.4, -0.2) is 16.8 Å². The van der Waals surface area contributed by atoms with E-state index in [2.05, 4.69) is 5.32 Å². The van der Waals surface area contributed by atoms with Gasteiger partial charge in [-0.3, -0.25) is 14.5 Å². The molecule has 0 radical (unpaired) electrons. The second kappa shape index (κ2) is 9.00. The Kier molecular flexibility index (Phi) is 5.74. The highest BCUT2D eigenvalue weighted by molar-refractivity contribution is 7.12. The van der Waals surface area contributed by atoms with Gasteiger partial charge < -0.3 is 10.4 Å². The molecule has 2 N–H and O–H groups in total. The van der Waals surface area contributed by atoms with Gasteiger partial charge >= 0.3 is 0 Å². The van der Waals surface area contributed by atoms with Gasteiger partial charge in [0.15, 0.2) is 5.76 Å². The van der Waals surface area contributed by atoms with E-state index in [0.717, 1.165) is 22.5 Å². The van der Waals surface area contributed by atoms with Crippen molar-refractivity contribution in [2.45, 2.75) is 13.0 Å². The van der Waals surface area contributed by atoms with E-state index >= 15 is 0 Å². The van der Waals surface area contributed by atoms with Crippen molar-refractivity contribution in [2.75, 3.05) is 10.2 Å². The third-order valence-corrected chi connectivity index (χ3v) is 6.63. The molecule has 0 fully saturated rings. The van der Waals surface area contributed by atoms with E-state index in [1.807, 2.05) is 85.8 Å². The van der Waals surface area contributed by atoms with Gasteiger partial charge in [0.05, 0.1) is 16.5 Å². The number of thiophene rings is 1. The van der Waals surface area contributed by atoms with Gasteiger partial charge in [-0.25, -0.2) is 0 Å². The van der Waals surface area contributed by atoms with Gasteiger partial charge in [0.25, 0.3) is 5.91 Å². The van der Waals surface area contributed by atoms with Crippen LogP contribution in [-0.2, 0) is 4.79 Å². The largest absolute Gasteiger partial charge is 0.503 e. The smallest absolute Gasteiger partial charge is 0.294 e. The minimum Gasteiger partial charge on any atom is -0.503 e. The second-order valence-electron chi connectivity index (χ2n) is 8.10. The Bertz CT molecular complexity index is 1380. The Morgan fingerprint density at radius 3 is 2.32 bits per heavy atom. The van der Waals surface area contributed by atoms with Crippen LogP contribution in [0, 0.1) is 6.92 Å². The Hall–Kier alpha value is -4.16. The van der Waals surface area contributed by atoms with E-state index in [1.165, 1.54) is 16.2 Å². The number of nitrogens with one attached hydrogen (secondary N) is 1. The van der Waals surface area contributed by atoms with Crippen LogP contribution in [0.15, 0.2) is 108 Å². The lowest BCUT2D eigenvalue weighted by Crippen LogP contribution is -2.31. The van der Waals surface area contributed by atoms with Gasteiger partial charge in [0.1, 0.15) is 0 Å². The molecule has 0 bridgehead atoms. The molecule has 1 aliphatic rings. The molecule has 6 heteroatoms. The predicted octanol–water partition coefficient (Wildman–Crippen LogP) is 6.58. The van der Waals surface area contributed by atoms with E-state index in [0.29, 0.717) is 10.6 Å². The number of carbonyl (C=O) groups is 2. The highest BCUT2D eigenvalue weighted by Gasteiger charge is 2.44. The van der Waals surface area contributed by atoms with Crippen LogP contribution in [0.4, 0.5) is 17.1 Å². The molecule has 1 aliphatic heterocycles. The summed E-state index contributed by atoms with van der Waals surface area (Å²) in [6.07, 6.45) is 0. The number of rotatable bonds is 6. The molecule has 2 heterocycles. The van der Waals surface area contributed by atoms with Crippen molar-refractivity contribution in [3.63, 3.8) is 0 Å². The number of ketones is 1. The van der Waals surface area contributed by atoms with Gasteiger partial charge in [0.2, 0.25) is 5.78 Å². The van der Waals surface area contributed by atoms with E-state index in [-0.39, 0.29) is 11.4 Å². The monoisotopic (exact) mass is 466 g/mol. The first-order valence-corrected chi connectivity index (χ1v) is 11.7. The number of benzene rings is 3. The maximum absolute atomic E-state index is 13.4. The van der Waals surface area contributed by atoms with Gasteiger partial charge in [-0.05, 0) is 60.3 Å². The quantitative estimate of drug-likeness (QED) is 0.315. The molecule has 0 aliphatic carbocycles. The van der Waals surface area contributed by atoms with Crippen LogP contribution in [0.1, 0.15) is 26.8 Å². The third kappa shape index (κ3) is 4.00. The minimum absolute atomic E-state index is 0.101. The second-order valence-corrected chi connectivity index (χ2v) is 9.05. The average molecular weight is 467 g/mol. The van der Waals surface area contributed by atoms with Crippen molar-refractivity contribution in [3.05, 3.63) is 124 Å². The van der Waals surface area contributed by atoms with Crippen molar-refractivity contribution >= 4 is 40.1 Å².